The maximum Gasteiger partial charge on any atom is 0.245 e. The number of ether oxygens (including phenoxy) is 1. The number of morpholine rings is 1. The molecule has 36 heavy (non-hydrogen) atoms. The average Bonchev–Trinajstić information content (AvgIpc) is 2.93. The van der Waals surface area contributed by atoms with E-state index >= 15 is 0 Å². The SMILES string of the molecule is Pc1cnc(N/N=C/c2ccc(Nc3ccc(-c4ncccn4)cc3Cl)cn2)nc1N1CCOCC1. The van der Waals surface area contributed by atoms with Gasteiger partial charge in [0.2, 0.25) is 5.95 Å². The summed E-state index contributed by atoms with van der Waals surface area (Å²) in [7, 11) is 2.67. The van der Waals surface area contributed by atoms with Gasteiger partial charge in [0.25, 0.3) is 0 Å². The van der Waals surface area contributed by atoms with Gasteiger partial charge in [0.05, 0.1) is 47.7 Å². The molecule has 1 unspecified atom stereocenters. The van der Waals surface area contributed by atoms with E-state index in [1.165, 1.54) is 0 Å². The number of nitrogens with zero attached hydrogens (tertiary/aromatic N) is 7. The molecule has 5 rings (SSSR count). The number of pyridine rings is 1. The Morgan fingerprint density at radius 1 is 1.03 bits per heavy atom. The summed E-state index contributed by atoms with van der Waals surface area (Å²) in [6, 6.07) is 11.2. The van der Waals surface area contributed by atoms with Crippen LogP contribution in [0.3, 0.4) is 0 Å². The van der Waals surface area contributed by atoms with E-state index in [1.54, 1.807) is 37.1 Å². The molecule has 1 atom stereocenters. The van der Waals surface area contributed by atoms with Gasteiger partial charge < -0.3 is 15.0 Å². The van der Waals surface area contributed by atoms with Crippen molar-refractivity contribution < 1.29 is 4.74 Å². The number of aromatic nitrogens is 5. The lowest BCUT2D eigenvalue weighted by molar-refractivity contribution is 0.122. The Morgan fingerprint density at radius 3 is 2.61 bits per heavy atom. The number of rotatable bonds is 7. The van der Waals surface area contributed by atoms with Crippen molar-refractivity contribution in [2.75, 3.05) is 41.9 Å². The summed E-state index contributed by atoms with van der Waals surface area (Å²) < 4.78 is 5.42. The molecular weight excluding hydrogens is 497 g/mol. The van der Waals surface area contributed by atoms with Crippen LogP contribution in [0.25, 0.3) is 11.4 Å². The molecule has 1 aromatic carbocycles. The lowest BCUT2D eigenvalue weighted by Crippen LogP contribution is -2.38. The maximum absolute atomic E-state index is 6.47. The Kier molecular flexibility index (Phi) is 7.56. The topological polar surface area (TPSA) is 113 Å². The van der Waals surface area contributed by atoms with E-state index in [-0.39, 0.29) is 0 Å². The van der Waals surface area contributed by atoms with Crippen molar-refractivity contribution in [1.29, 1.82) is 0 Å². The molecule has 1 fully saturated rings. The van der Waals surface area contributed by atoms with Crippen LogP contribution in [0, 0.1) is 0 Å². The van der Waals surface area contributed by atoms with Crippen LogP contribution >= 0.6 is 20.8 Å². The normalized spacial score (nSPS) is 13.7. The van der Waals surface area contributed by atoms with Crippen molar-refractivity contribution >= 4 is 55.5 Å². The van der Waals surface area contributed by atoms with Crippen molar-refractivity contribution in [2.45, 2.75) is 0 Å². The van der Waals surface area contributed by atoms with Crippen LogP contribution < -0.4 is 20.9 Å². The molecule has 10 nitrogen and oxygen atoms in total. The van der Waals surface area contributed by atoms with Crippen molar-refractivity contribution in [3.05, 3.63) is 71.9 Å². The predicted octanol–water partition coefficient (Wildman–Crippen LogP) is 3.51. The van der Waals surface area contributed by atoms with Crippen LogP contribution in [-0.4, -0.2) is 57.4 Å². The fraction of sp³-hybridized carbons (Fsp3) is 0.167. The van der Waals surface area contributed by atoms with E-state index in [2.05, 4.69) is 54.9 Å². The predicted molar refractivity (Wildman–Crippen MR) is 146 cm³/mol. The van der Waals surface area contributed by atoms with Crippen molar-refractivity contribution in [1.82, 2.24) is 24.9 Å². The van der Waals surface area contributed by atoms with Gasteiger partial charge in [0.15, 0.2) is 5.82 Å². The first kappa shape index (κ1) is 24.0. The zero-order chi connectivity index (χ0) is 24.7. The molecule has 1 saturated heterocycles. The summed E-state index contributed by atoms with van der Waals surface area (Å²) in [5, 5.41) is 8.99. The fourth-order valence-electron chi connectivity index (χ4n) is 3.54. The maximum atomic E-state index is 6.47. The van der Waals surface area contributed by atoms with Gasteiger partial charge in [0, 0.05) is 42.5 Å². The first-order valence-corrected chi connectivity index (χ1v) is 12.2. The summed E-state index contributed by atoms with van der Waals surface area (Å²) in [6.45, 7) is 2.96. The van der Waals surface area contributed by atoms with Crippen LogP contribution in [0.4, 0.5) is 23.1 Å². The molecule has 12 heteroatoms. The largest absolute Gasteiger partial charge is 0.378 e. The highest BCUT2D eigenvalue weighted by atomic mass is 35.5. The Morgan fingerprint density at radius 2 is 1.86 bits per heavy atom. The van der Waals surface area contributed by atoms with Crippen LogP contribution in [0.5, 0.6) is 0 Å². The van der Waals surface area contributed by atoms with Gasteiger partial charge in [-0.2, -0.15) is 10.1 Å². The molecule has 0 bridgehead atoms. The molecule has 0 aliphatic carbocycles. The number of hydrazone groups is 1. The fourth-order valence-corrected chi connectivity index (χ4v) is 4.08. The van der Waals surface area contributed by atoms with E-state index in [9.17, 15) is 0 Å². The second-order valence-corrected chi connectivity index (χ2v) is 8.83. The van der Waals surface area contributed by atoms with E-state index in [1.807, 2.05) is 30.3 Å². The summed E-state index contributed by atoms with van der Waals surface area (Å²) >= 11 is 6.47. The number of benzene rings is 1. The highest BCUT2D eigenvalue weighted by Gasteiger charge is 2.15. The zero-order valence-electron chi connectivity index (χ0n) is 19.2. The lowest BCUT2D eigenvalue weighted by Gasteiger charge is -2.28. The highest BCUT2D eigenvalue weighted by Crippen LogP contribution is 2.29. The molecule has 0 saturated carbocycles. The van der Waals surface area contributed by atoms with E-state index in [0.717, 1.165) is 41.2 Å². The van der Waals surface area contributed by atoms with Crippen molar-refractivity contribution in [3.8, 4) is 11.4 Å². The molecule has 4 aromatic rings. The van der Waals surface area contributed by atoms with Gasteiger partial charge in [-0.15, -0.1) is 0 Å². The van der Waals surface area contributed by atoms with Gasteiger partial charge in [-0.1, -0.05) is 20.8 Å². The van der Waals surface area contributed by atoms with Gasteiger partial charge in [-0.3, -0.25) is 4.98 Å². The second-order valence-electron chi connectivity index (χ2n) is 7.81. The Balaban J connectivity index is 1.20. The monoisotopic (exact) mass is 519 g/mol. The van der Waals surface area contributed by atoms with Gasteiger partial charge >= 0.3 is 0 Å². The summed E-state index contributed by atoms with van der Waals surface area (Å²) in [4.78, 5) is 24.0. The third-order valence-corrected chi connectivity index (χ3v) is 6.05. The molecule has 1 aliphatic heterocycles. The Hall–Kier alpha value is -3.72. The van der Waals surface area contributed by atoms with Crippen molar-refractivity contribution in [2.24, 2.45) is 5.10 Å². The highest BCUT2D eigenvalue weighted by molar-refractivity contribution is 7.28. The molecular formula is C24H23ClN9OP. The Bertz CT molecular complexity index is 1350. The lowest BCUT2D eigenvalue weighted by atomic mass is 10.2. The van der Waals surface area contributed by atoms with Crippen molar-refractivity contribution in [3.63, 3.8) is 0 Å². The second kappa shape index (κ2) is 11.3. The zero-order valence-corrected chi connectivity index (χ0v) is 21.1. The number of hydrogen-bond donors (Lipinski definition) is 2. The molecule has 1 aliphatic rings. The van der Waals surface area contributed by atoms with E-state index < -0.39 is 0 Å². The van der Waals surface area contributed by atoms with Crippen LogP contribution in [-0.2, 0) is 4.74 Å². The van der Waals surface area contributed by atoms with Gasteiger partial charge in [-0.25, -0.2) is 20.4 Å². The number of nitrogens with one attached hydrogen (secondary N) is 2. The summed E-state index contributed by atoms with van der Waals surface area (Å²) in [5.41, 5.74) is 5.94. The smallest absolute Gasteiger partial charge is 0.245 e. The summed E-state index contributed by atoms with van der Waals surface area (Å²) in [6.07, 6.45) is 8.47. The minimum absolute atomic E-state index is 0.413. The number of halogens is 1. The van der Waals surface area contributed by atoms with E-state index in [0.29, 0.717) is 35.7 Å². The van der Waals surface area contributed by atoms with Crippen LogP contribution in [0.1, 0.15) is 5.69 Å². The minimum atomic E-state index is 0.413. The van der Waals surface area contributed by atoms with Gasteiger partial charge in [-0.05, 0) is 36.4 Å². The minimum Gasteiger partial charge on any atom is -0.378 e. The van der Waals surface area contributed by atoms with Crippen LogP contribution in [0.15, 0.2) is 66.3 Å². The third kappa shape index (κ3) is 5.91. The molecule has 0 spiro atoms. The molecule has 2 N–H and O–H groups in total. The van der Waals surface area contributed by atoms with Crippen LogP contribution in [0.2, 0.25) is 5.02 Å². The molecule has 0 amide bonds. The Labute approximate surface area is 215 Å². The first-order chi connectivity index (χ1) is 17.7. The van der Waals surface area contributed by atoms with Gasteiger partial charge in [0.1, 0.15) is 5.82 Å². The standard InChI is InChI=1S/C24H23ClN9OP/c25-19-12-16(22-26-6-1-7-27-22)2-5-20(19)31-18-4-3-17(28-13-18)14-30-33-24-29-15-21(36)23(32-24)34-8-10-35-11-9-34/h1-7,12-15,31H,8-11,36H2,(H,29,32,33)/b30-14+. The summed E-state index contributed by atoms with van der Waals surface area (Å²) in [5.74, 6) is 1.89. The van der Waals surface area contributed by atoms with E-state index in [4.69, 9.17) is 16.3 Å². The number of hydrogen-bond acceptors (Lipinski definition) is 10. The molecule has 0 radical (unpaired) electrons. The number of anilines is 4. The molecule has 3 aromatic heterocycles. The third-order valence-electron chi connectivity index (χ3n) is 5.33. The molecule has 182 valence electrons. The quantitative estimate of drug-likeness (QED) is 0.215. The average molecular weight is 520 g/mol. The molecule has 4 heterocycles. The first-order valence-electron chi connectivity index (χ1n) is 11.2.